The molecule has 0 bridgehead atoms. The maximum absolute atomic E-state index is 14.8. The van der Waals surface area contributed by atoms with Crippen molar-refractivity contribution >= 4 is 27.0 Å². The average Bonchev–Trinajstić information content (AvgIpc) is 3.14. The van der Waals surface area contributed by atoms with Gasteiger partial charge in [0.15, 0.2) is 0 Å². The van der Waals surface area contributed by atoms with Gasteiger partial charge in [-0.25, -0.2) is 13.8 Å². The van der Waals surface area contributed by atoms with E-state index in [9.17, 15) is 8.78 Å². The van der Waals surface area contributed by atoms with Crippen LogP contribution in [0.5, 0.6) is 5.75 Å². The van der Waals surface area contributed by atoms with Crippen LogP contribution in [0.15, 0.2) is 41.1 Å². The van der Waals surface area contributed by atoms with Gasteiger partial charge < -0.3 is 4.74 Å². The number of halogens is 3. The van der Waals surface area contributed by atoms with E-state index in [0.717, 1.165) is 27.6 Å². The summed E-state index contributed by atoms with van der Waals surface area (Å²) in [6.45, 7) is 1.72. The van der Waals surface area contributed by atoms with Crippen molar-refractivity contribution in [3.8, 4) is 22.7 Å². The Labute approximate surface area is 162 Å². The molecule has 0 fully saturated rings. The van der Waals surface area contributed by atoms with Crippen LogP contribution >= 0.6 is 15.9 Å². The van der Waals surface area contributed by atoms with E-state index in [4.69, 9.17) is 4.74 Å². The molecule has 8 heteroatoms. The fourth-order valence-corrected chi connectivity index (χ4v) is 3.63. The van der Waals surface area contributed by atoms with Crippen molar-refractivity contribution in [2.75, 3.05) is 7.11 Å². The standard InChI is InChI=1S/C19H15BrF2N4O/c1-10-17(18-13(21)7-12(27-3)8-14(18)22)19(25(2)24-10)26-9-23-15-6-11(20)4-5-16(15)26/h4-9H,1-3H3. The summed E-state index contributed by atoms with van der Waals surface area (Å²) in [4.78, 5) is 4.40. The minimum absolute atomic E-state index is 0.120. The number of aryl methyl sites for hydroxylation is 2. The van der Waals surface area contributed by atoms with Gasteiger partial charge in [-0.2, -0.15) is 5.10 Å². The fourth-order valence-electron chi connectivity index (χ4n) is 3.28. The Bertz CT molecular complexity index is 1160. The number of hydrogen-bond donors (Lipinski definition) is 0. The molecule has 0 spiro atoms. The molecule has 0 saturated carbocycles. The zero-order valence-corrected chi connectivity index (χ0v) is 16.4. The Balaban J connectivity index is 2.03. The Morgan fingerprint density at radius 2 is 1.78 bits per heavy atom. The van der Waals surface area contributed by atoms with Gasteiger partial charge in [0, 0.05) is 23.7 Å². The molecule has 0 radical (unpaired) electrons. The van der Waals surface area contributed by atoms with Crippen LogP contribution in [0.3, 0.4) is 0 Å². The van der Waals surface area contributed by atoms with Crippen molar-refractivity contribution in [3.63, 3.8) is 0 Å². The molecule has 4 rings (SSSR count). The molecule has 0 N–H and O–H groups in total. The second-order valence-electron chi connectivity index (χ2n) is 6.12. The predicted octanol–water partition coefficient (Wildman–Crippen LogP) is 4.78. The minimum atomic E-state index is -0.712. The van der Waals surface area contributed by atoms with E-state index in [-0.39, 0.29) is 11.3 Å². The third-order valence-corrected chi connectivity index (χ3v) is 4.92. The molecule has 2 aromatic heterocycles. The first-order chi connectivity index (χ1) is 12.9. The first kappa shape index (κ1) is 17.7. The smallest absolute Gasteiger partial charge is 0.144 e. The molecule has 2 aromatic carbocycles. The van der Waals surface area contributed by atoms with E-state index >= 15 is 0 Å². The Hall–Kier alpha value is -2.74. The Morgan fingerprint density at radius 3 is 2.44 bits per heavy atom. The lowest BCUT2D eigenvalue weighted by molar-refractivity contribution is 0.407. The van der Waals surface area contributed by atoms with Gasteiger partial charge in [0.05, 0.1) is 35.0 Å². The number of fused-ring (bicyclic) bond motifs is 1. The summed E-state index contributed by atoms with van der Waals surface area (Å²) in [7, 11) is 3.10. The highest BCUT2D eigenvalue weighted by Gasteiger charge is 2.24. The van der Waals surface area contributed by atoms with Gasteiger partial charge in [-0.15, -0.1) is 0 Å². The van der Waals surface area contributed by atoms with Gasteiger partial charge in [0.25, 0.3) is 0 Å². The maximum atomic E-state index is 14.8. The topological polar surface area (TPSA) is 44.9 Å². The van der Waals surface area contributed by atoms with Crippen LogP contribution in [0.4, 0.5) is 8.78 Å². The molecule has 0 aliphatic carbocycles. The van der Waals surface area contributed by atoms with Crippen LogP contribution in [0.2, 0.25) is 0 Å². The average molecular weight is 433 g/mol. The fraction of sp³-hybridized carbons (Fsp3) is 0.158. The van der Waals surface area contributed by atoms with Gasteiger partial charge in [-0.1, -0.05) is 15.9 Å². The summed E-state index contributed by atoms with van der Waals surface area (Å²) in [5.41, 5.74) is 2.30. The molecule has 0 amide bonds. The quantitative estimate of drug-likeness (QED) is 0.467. The molecule has 0 atom stereocenters. The molecule has 5 nitrogen and oxygen atoms in total. The van der Waals surface area contributed by atoms with Crippen molar-refractivity contribution in [2.24, 2.45) is 7.05 Å². The maximum Gasteiger partial charge on any atom is 0.144 e. The number of nitrogens with zero attached hydrogens (tertiary/aromatic N) is 4. The van der Waals surface area contributed by atoms with Crippen LogP contribution in [0.25, 0.3) is 28.0 Å². The number of methoxy groups -OCH3 is 1. The molecular weight excluding hydrogens is 418 g/mol. The summed E-state index contributed by atoms with van der Waals surface area (Å²) < 4.78 is 38.8. The van der Waals surface area contributed by atoms with Gasteiger partial charge in [0.2, 0.25) is 0 Å². The Morgan fingerprint density at radius 1 is 1.07 bits per heavy atom. The summed E-state index contributed by atoms with van der Waals surface area (Å²) in [6.07, 6.45) is 1.62. The molecule has 0 saturated heterocycles. The van der Waals surface area contributed by atoms with Gasteiger partial charge in [-0.3, -0.25) is 9.25 Å². The van der Waals surface area contributed by atoms with Crippen LogP contribution in [-0.2, 0) is 7.05 Å². The third-order valence-electron chi connectivity index (χ3n) is 4.43. The number of imidazole rings is 1. The molecular formula is C19H15BrF2N4O. The Kier molecular flexibility index (Phi) is 4.22. The first-order valence-corrected chi connectivity index (χ1v) is 8.90. The first-order valence-electron chi connectivity index (χ1n) is 8.10. The lowest BCUT2D eigenvalue weighted by Crippen LogP contribution is -2.04. The van der Waals surface area contributed by atoms with E-state index in [1.165, 1.54) is 7.11 Å². The van der Waals surface area contributed by atoms with Gasteiger partial charge >= 0.3 is 0 Å². The van der Waals surface area contributed by atoms with Gasteiger partial charge in [0.1, 0.15) is 29.5 Å². The highest BCUT2D eigenvalue weighted by Crippen LogP contribution is 2.37. The van der Waals surface area contributed by atoms with Crippen molar-refractivity contribution in [2.45, 2.75) is 6.92 Å². The minimum Gasteiger partial charge on any atom is -0.497 e. The summed E-state index contributed by atoms with van der Waals surface area (Å²) >= 11 is 3.42. The second-order valence-corrected chi connectivity index (χ2v) is 7.04. The molecule has 2 heterocycles. The number of rotatable bonds is 3. The molecule has 0 aliphatic heterocycles. The molecule has 0 aliphatic rings. The molecule has 4 aromatic rings. The number of ether oxygens (including phenoxy) is 1. The normalized spacial score (nSPS) is 11.3. The van der Waals surface area contributed by atoms with Crippen LogP contribution < -0.4 is 4.74 Å². The predicted molar refractivity (Wildman–Crippen MR) is 102 cm³/mol. The van der Waals surface area contributed by atoms with Gasteiger partial charge in [-0.05, 0) is 25.1 Å². The number of hydrogen-bond acceptors (Lipinski definition) is 3. The van der Waals surface area contributed by atoms with Crippen molar-refractivity contribution < 1.29 is 13.5 Å². The van der Waals surface area contributed by atoms with Crippen LogP contribution in [0.1, 0.15) is 5.69 Å². The van der Waals surface area contributed by atoms with Crippen molar-refractivity contribution in [1.29, 1.82) is 0 Å². The van der Waals surface area contributed by atoms with Crippen molar-refractivity contribution in [1.82, 2.24) is 19.3 Å². The lowest BCUT2D eigenvalue weighted by atomic mass is 10.0. The lowest BCUT2D eigenvalue weighted by Gasteiger charge is -2.12. The summed E-state index contributed by atoms with van der Waals surface area (Å²) in [5.74, 6) is -0.775. The summed E-state index contributed by atoms with van der Waals surface area (Å²) in [5, 5.41) is 4.39. The highest BCUT2D eigenvalue weighted by atomic mass is 79.9. The summed E-state index contributed by atoms with van der Waals surface area (Å²) in [6, 6.07) is 7.98. The van der Waals surface area contributed by atoms with E-state index in [1.54, 1.807) is 29.5 Å². The third kappa shape index (κ3) is 2.80. The zero-order chi connectivity index (χ0) is 19.3. The SMILES string of the molecule is COc1cc(F)c(-c2c(C)nn(C)c2-n2cnc3cc(Br)ccc32)c(F)c1. The largest absolute Gasteiger partial charge is 0.497 e. The molecule has 138 valence electrons. The van der Waals surface area contributed by atoms with E-state index in [2.05, 4.69) is 26.0 Å². The molecule has 0 unspecified atom stereocenters. The highest BCUT2D eigenvalue weighted by molar-refractivity contribution is 9.10. The zero-order valence-electron chi connectivity index (χ0n) is 14.8. The number of benzene rings is 2. The van der Waals surface area contributed by atoms with E-state index in [0.29, 0.717) is 17.1 Å². The van der Waals surface area contributed by atoms with E-state index < -0.39 is 11.6 Å². The number of aromatic nitrogens is 4. The molecule has 27 heavy (non-hydrogen) atoms. The van der Waals surface area contributed by atoms with Crippen molar-refractivity contribution in [3.05, 3.63) is 58.5 Å². The second kappa shape index (κ2) is 6.45. The monoisotopic (exact) mass is 432 g/mol. The van der Waals surface area contributed by atoms with Crippen LogP contribution in [-0.4, -0.2) is 26.4 Å². The van der Waals surface area contributed by atoms with E-state index in [1.807, 2.05) is 18.2 Å². The van der Waals surface area contributed by atoms with Crippen LogP contribution in [0, 0.1) is 18.6 Å².